The first-order chi connectivity index (χ1) is 4.77. The summed E-state index contributed by atoms with van der Waals surface area (Å²) < 4.78 is 0. The third-order valence-corrected chi connectivity index (χ3v) is 0.920. The van der Waals surface area contributed by atoms with Crippen molar-refractivity contribution in [2.75, 3.05) is 6.54 Å². The number of hydrogen-bond donors (Lipinski definition) is 0. The lowest BCUT2D eigenvalue weighted by Gasteiger charge is -1.85. The SMILES string of the molecule is CCCCN=NN=C(C)C. The van der Waals surface area contributed by atoms with E-state index in [-0.39, 0.29) is 0 Å². The lowest BCUT2D eigenvalue weighted by Crippen LogP contribution is -1.78. The second-order valence-corrected chi connectivity index (χ2v) is 2.36. The molecule has 0 amide bonds. The highest BCUT2D eigenvalue weighted by Gasteiger charge is 1.77. The Morgan fingerprint density at radius 3 is 2.50 bits per heavy atom. The number of unbranched alkanes of at least 4 members (excludes halogenated alkanes) is 1. The molecule has 0 saturated carbocycles. The third-order valence-electron chi connectivity index (χ3n) is 0.920. The first-order valence-electron chi connectivity index (χ1n) is 3.65. The molecule has 3 heteroatoms. The van der Waals surface area contributed by atoms with Gasteiger partial charge in [0.25, 0.3) is 0 Å². The Kier molecular flexibility index (Phi) is 5.92. The lowest BCUT2D eigenvalue weighted by molar-refractivity contribution is 0.763. The Hall–Kier alpha value is -0.730. The van der Waals surface area contributed by atoms with Gasteiger partial charge < -0.3 is 0 Å². The van der Waals surface area contributed by atoms with Crippen molar-refractivity contribution in [3.63, 3.8) is 0 Å². The zero-order valence-corrected chi connectivity index (χ0v) is 6.96. The molecule has 0 saturated heterocycles. The fourth-order valence-corrected chi connectivity index (χ4v) is 0.395. The van der Waals surface area contributed by atoms with Gasteiger partial charge in [0.05, 0.1) is 6.54 Å². The van der Waals surface area contributed by atoms with Gasteiger partial charge in [-0.05, 0) is 25.5 Å². The van der Waals surface area contributed by atoms with Crippen LogP contribution >= 0.6 is 0 Å². The van der Waals surface area contributed by atoms with E-state index in [9.17, 15) is 0 Å². The predicted molar refractivity (Wildman–Crippen MR) is 43.4 cm³/mol. The molecule has 0 aromatic carbocycles. The van der Waals surface area contributed by atoms with Crippen LogP contribution < -0.4 is 0 Å². The van der Waals surface area contributed by atoms with Crippen LogP contribution in [0.4, 0.5) is 0 Å². The van der Waals surface area contributed by atoms with Crippen LogP contribution in [0.25, 0.3) is 0 Å². The fraction of sp³-hybridized carbons (Fsp3) is 0.857. The van der Waals surface area contributed by atoms with Crippen LogP contribution in [0.15, 0.2) is 15.4 Å². The zero-order chi connectivity index (χ0) is 7.82. The number of nitrogens with zero attached hydrogens (tertiary/aromatic N) is 3. The van der Waals surface area contributed by atoms with Crippen molar-refractivity contribution in [3.8, 4) is 0 Å². The molecular formula is C7H15N3. The molecule has 0 rings (SSSR count). The summed E-state index contributed by atoms with van der Waals surface area (Å²) in [6.45, 7) is 6.73. The van der Waals surface area contributed by atoms with Crippen LogP contribution in [-0.4, -0.2) is 12.3 Å². The number of rotatable bonds is 4. The Morgan fingerprint density at radius 1 is 1.30 bits per heavy atom. The molecule has 0 fully saturated rings. The summed E-state index contributed by atoms with van der Waals surface area (Å²) in [6.07, 6.45) is 2.26. The van der Waals surface area contributed by atoms with E-state index in [1.54, 1.807) is 0 Å². The molecule has 0 atom stereocenters. The van der Waals surface area contributed by atoms with Crippen molar-refractivity contribution in [2.24, 2.45) is 15.4 Å². The summed E-state index contributed by atoms with van der Waals surface area (Å²) >= 11 is 0. The van der Waals surface area contributed by atoms with E-state index in [1.807, 2.05) is 13.8 Å². The van der Waals surface area contributed by atoms with Crippen LogP contribution in [0.2, 0.25) is 0 Å². The summed E-state index contributed by atoms with van der Waals surface area (Å²) in [6, 6.07) is 0. The molecule has 0 aliphatic rings. The van der Waals surface area contributed by atoms with Crippen LogP contribution in [0.3, 0.4) is 0 Å². The van der Waals surface area contributed by atoms with Gasteiger partial charge in [-0.3, -0.25) is 0 Å². The minimum atomic E-state index is 0.799. The molecule has 0 N–H and O–H groups in total. The molecular weight excluding hydrogens is 126 g/mol. The van der Waals surface area contributed by atoms with Gasteiger partial charge in [-0.15, -0.1) is 5.10 Å². The standard InChI is InChI=1S/C7H15N3/c1-4-5-6-8-10-9-7(2)3/h4-6H2,1-3H3. The number of hydrogen-bond acceptors (Lipinski definition) is 2. The second kappa shape index (κ2) is 6.39. The summed E-state index contributed by atoms with van der Waals surface area (Å²) in [5.74, 6) is 0. The van der Waals surface area contributed by atoms with Gasteiger partial charge in [-0.2, -0.15) is 5.11 Å². The minimum absolute atomic E-state index is 0.799. The molecule has 10 heavy (non-hydrogen) atoms. The van der Waals surface area contributed by atoms with Crippen molar-refractivity contribution < 1.29 is 0 Å². The first kappa shape index (κ1) is 9.27. The average molecular weight is 141 g/mol. The van der Waals surface area contributed by atoms with Crippen molar-refractivity contribution in [1.82, 2.24) is 0 Å². The highest BCUT2D eigenvalue weighted by atomic mass is 15.4. The van der Waals surface area contributed by atoms with Crippen molar-refractivity contribution in [1.29, 1.82) is 0 Å². The Balaban J connectivity index is 3.29. The summed E-state index contributed by atoms with van der Waals surface area (Å²) in [7, 11) is 0. The molecule has 3 nitrogen and oxygen atoms in total. The molecule has 0 aromatic heterocycles. The van der Waals surface area contributed by atoms with Crippen LogP contribution in [0.1, 0.15) is 33.6 Å². The summed E-state index contributed by atoms with van der Waals surface area (Å²) in [5.41, 5.74) is 0.945. The summed E-state index contributed by atoms with van der Waals surface area (Å²) in [5, 5.41) is 11.2. The van der Waals surface area contributed by atoms with E-state index in [0.717, 1.165) is 25.1 Å². The quantitative estimate of drug-likeness (QED) is 0.250. The van der Waals surface area contributed by atoms with Crippen LogP contribution in [-0.2, 0) is 0 Å². The van der Waals surface area contributed by atoms with E-state index in [4.69, 9.17) is 0 Å². The molecule has 0 aliphatic heterocycles. The normalized spacial score (nSPS) is 10.3. The highest BCUT2D eigenvalue weighted by Crippen LogP contribution is 1.88. The van der Waals surface area contributed by atoms with Gasteiger partial charge in [0.2, 0.25) is 0 Å². The molecule has 0 radical (unpaired) electrons. The van der Waals surface area contributed by atoms with E-state index >= 15 is 0 Å². The highest BCUT2D eigenvalue weighted by molar-refractivity contribution is 5.78. The van der Waals surface area contributed by atoms with Crippen molar-refractivity contribution in [2.45, 2.75) is 33.6 Å². The topological polar surface area (TPSA) is 37.1 Å². The van der Waals surface area contributed by atoms with Crippen molar-refractivity contribution >= 4 is 5.71 Å². The molecule has 0 unspecified atom stereocenters. The molecule has 0 aliphatic carbocycles. The maximum atomic E-state index is 3.84. The van der Waals surface area contributed by atoms with Gasteiger partial charge in [-0.25, -0.2) is 0 Å². The monoisotopic (exact) mass is 141 g/mol. The first-order valence-corrected chi connectivity index (χ1v) is 3.65. The molecule has 0 heterocycles. The average Bonchev–Trinajstić information content (AvgIpc) is 1.87. The van der Waals surface area contributed by atoms with Crippen LogP contribution in [0.5, 0.6) is 0 Å². The molecule has 0 aromatic rings. The molecule has 58 valence electrons. The van der Waals surface area contributed by atoms with Gasteiger partial charge in [0, 0.05) is 5.71 Å². The van der Waals surface area contributed by atoms with E-state index in [2.05, 4.69) is 22.4 Å². The van der Waals surface area contributed by atoms with Gasteiger partial charge >= 0.3 is 0 Å². The fourth-order valence-electron chi connectivity index (χ4n) is 0.395. The predicted octanol–water partition coefficient (Wildman–Crippen LogP) is 2.63. The van der Waals surface area contributed by atoms with Crippen molar-refractivity contribution in [3.05, 3.63) is 0 Å². The van der Waals surface area contributed by atoms with Gasteiger partial charge in [0.15, 0.2) is 0 Å². The Morgan fingerprint density at radius 2 is 2.00 bits per heavy atom. The smallest absolute Gasteiger partial charge is 0.0621 e. The zero-order valence-electron chi connectivity index (χ0n) is 6.96. The largest absolute Gasteiger partial charge is 0.169 e. The second-order valence-electron chi connectivity index (χ2n) is 2.36. The lowest BCUT2D eigenvalue weighted by atomic mass is 10.3. The van der Waals surface area contributed by atoms with E-state index in [1.165, 1.54) is 0 Å². The Bertz CT molecular complexity index is 123. The Labute approximate surface area is 62.2 Å². The van der Waals surface area contributed by atoms with E-state index < -0.39 is 0 Å². The molecule has 0 bridgehead atoms. The van der Waals surface area contributed by atoms with Gasteiger partial charge in [0.1, 0.15) is 0 Å². The molecule has 0 spiro atoms. The maximum absolute atomic E-state index is 3.84. The van der Waals surface area contributed by atoms with Gasteiger partial charge in [-0.1, -0.05) is 13.3 Å². The maximum Gasteiger partial charge on any atom is 0.0621 e. The minimum Gasteiger partial charge on any atom is -0.169 e. The van der Waals surface area contributed by atoms with Crippen LogP contribution in [0, 0.1) is 0 Å². The van der Waals surface area contributed by atoms with E-state index in [0.29, 0.717) is 0 Å². The third kappa shape index (κ3) is 7.27. The summed E-state index contributed by atoms with van der Waals surface area (Å²) in [4.78, 5) is 0.